The van der Waals surface area contributed by atoms with Gasteiger partial charge < -0.3 is 4.74 Å². The molecule has 0 unspecified atom stereocenters. The quantitative estimate of drug-likeness (QED) is 0.611. The number of hydrogen-bond donors (Lipinski definition) is 0. The van der Waals surface area contributed by atoms with Crippen molar-refractivity contribution in [2.24, 2.45) is 0 Å². The number of carbonyl (C=O) groups excluding carboxylic acids is 1. The summed E-state index contributed by atoms with van der Waals surface area (Å²) in [5.41, 5.74) is 0.962. The summed E-state index contributed by atoms with van der Waals surface area (Å²) in [6, 6.07) is 8.00. The molecule has 1 heterocycles. The number of methoxy groups -OCH3 is 1. The molecule has 116 valence electrons. The molecule has 1 aliphatic carbocycles. The highest BCUT2D eigenvalue weighted by atomic mass is 32.2. The van der Waals surface area contributed by atoms with E-state index >= 15 is 0 Å². The monoisotopic (exact) mass is 333 g/mol. The average molecular weight is 333 g/mol. The molecule has 0 radical (unpaired) electrons. The molecule has 0 atom stereocenters. The fraction of sp³-hybridized carbons (Fsp3) is 0.412. The van der Waals surface area contributed by atoms with Crippen LogP contribution >= 0.6 is 24.0 Å². The van der Waals surface area contributed by atoms with Crippen LogP contribution in [0, 0.1) is 0 Å². The standard InChI is InChI=1S/C17H19NO2S2/c1-20-14-9-5-6-12(10-14)11-15-16(19)18(17(21)22-15)13-7-3-2-4-8-13/h5-6,9-11,13H,2-4,7-8H2,1H3. The Morgan fingerprint density at radius 1 is 1.32 bits per heavy atom. The first-order valence-corrected chi connectivity index (χ1v) is 8.82. The second kappa shape index (κ2) is 6.84. The molecule has 0 spiro atoms. The summed E-state index contributed by atoms with van der Waals surface area (Å²) < 4.78 is 5.93. The van der Waals surface area contributed by atoms with Crippen LogP contribution in [0.15, 0.2) is 29.2 Å². The van der Waals surface area contributed by atoms with Crippen molar-refractivity contribution in [3.05, 3.63) is 34.7 Å². The highest BCUT2D eigenvalue weighted by molar-refractivity contribution is 8.26. The Morgan fingerprint density at radius 2 is 2.09 bits per heavy atom. The van der Waals surface area contributed by atoms with Gasteiger partial charge in [-0.2, -0.15) is 0 Å². The minimum Gasteiger partial charge on any atom is -0.497 e. The molecule has 1 aromatic carbocycles. The highest BCUT2D eigenvalue weighted by Gasteiger charge is 2.37. The van der Waals surface area contributed by atoms with Crippen molar-refractivity contribution in [2.45, 2.75) is 38.1 Å². The number of benzene rings is 1. The molecule has 5 heteroatoms. The minimum atomic E-state index is 0.0599. The zero-order valence-corrected chi connectivity index (χ0v) is 14.2. The van der Waals surface area contributed by atoms with E-state index in [1.54, 1.807) is 7.11 Å². The van der Waals surface area contributed by atoms with E-state index in [0.29, 0.717) is 9.23 Å². The Labute approximate surface area is 140 Å². The zero-order valence-electron chi connectivity index (χ0n) is 12.6. The van der Waals surface area contributed by atoms with E-state index in [0.717, 1.165) is 24.2 Å². The predicted octanol–water partition coefficient (Wildman–Crippen LogP) is 4.23. The Balaban J connectivity index is 1.81. The summed E-state index contributed by atoms with van der Waals surface area (Å²) in [5, 5.41) is 0. The molecule has 0 N–H and O–H groups in total. The first-order chi connectivity index (χ1) is 10.7. The SMILES string of the molecule is COc1cccc(C=C2SC(=S)N(C3CCCCC3)C2=O)c1. The third-order valence-electron chi connectivity index (χ3n) is 4.15. The van der Waals surface area contributed by atoms with Crippen molar-refractivity contribution < 1.29 is 9.53 Å². The summed E-state index contributed by atoms with van der Waals surface area (Å²) in [7, 11) is 1.64. The maximum Gasteiger partial charge on any atom is 0.266 e. The van der Waals surface area contributed by atoms with Gasteiger partial charge in [-0.3, -0.25) is 9.69 Å². The number of amides is 1. The lowest BCUT2D eigenvalue weighted by molar-refractivity contribution is -0.124. The van der Waals surface area contributed by atoms with Gasteiger partial charge in [-0.15, -0.1) is 0 Å². The van der Waals surface area contributed by atoms with Gasteiger partial charge in [0.15, 0.2) is 0 Å². The van der Waals surface area contributed by atoms with Crippen LogP contribution in [0.25, 0.3) is 6.08 Å². The van der Waals surface area contributed by atoms with Gasteiger partial charge in [-0.1, -0.05) is 55.4 Å². The third-order valence-corrected chi connectivity index (χ3v) is 5.49. The summed E-state index contributed by atoms with van der Waals surface area (Å²) in [6.07, 6.45) is 7.70. The van der Waals surface area contributed by atoms with Gasteiger partial charge in [0.2, 0.25) is 0 Å². The van der Waals surface area contributed by atoms with Crippen molar-refractivity contribution in [3.63, 3.8) is 0 Å². The van der Waals surface area contributed by atoms with Crippen molar-refractivity contribution in [2.75, 3.05) is 7.11 Å². The Hall–Kier alpha value is -1.33. The Kier molecular flexibility index (Phi) is 4.84. The number of hydrogen-bond acceptors (Lipinski definition) is 4. The number of nitrogens with zero attached hydrogens (tertiary/aromatic N) is 1. The maximum atomic E-state index is 12.7. The van der Waals surface area contributed by atoms with Crippen LogP contribution in [0.3, 0.4) is 0 Å². The van der Waals surface area contributed by atoms with Gasteiger partial charge in [0, 0.05) is 6.04 Å². The van der Waals surface area contributed by atoms with E-state index in [-0.39, 0.29) is 11.9 Å². The largest absolute Gasteiger partial charge is 0.497 e. The summed E-state index contributed by atoms with van der Waals surface area (Å²) in [6.45, 7) is 0. The molecule has 1 saturated heterocycles. The molecule has 1 amide bonds. The second-order valence-electron chi connectivity index (χ2n) is 5.62. The number of thioether (sulfide) groups is 1. The molecule has 0 bridgehead atoms. The third kappa shape index (κ3) is 3.20. The first kappa shape index (κ1) is 15.6. The molecule has 3 rings (SSSR count). The minimum absolute atomic E-state index is 0.0599. The molecule has 3 nitrogen and oxygen atoms in total. The highest BCUT2D eigenvalue weighted by Crippen LogP contribution is 2.37. The molecule has 0 aromatic heterocycles. The van der Waals surface area contributed by atoms with Crippen LogP contribution in [0.2, 0.25) is 0 Å². The normalized spacial score (nSPS) is 21.7. The van der Waals surface area contributed by atoms with Gasteiger partial charge in [-0.25, -0.2) is 0 Å². The van der Waals surface area contributed by atoms with Gasteiger partial charge in [0.1, 0.15) is 10.1 Å². The topological polar surface area (TPSA) is 29.5 Å². The molecule has 2 fully saturated rings. The number of rotatable bonds is 3. The van der Waals surface area contributed by atoms with Crippen LogP contribution in [0.1, 0.15) is 37.7 Å². The van der Waals surface area contributed by atoms with Crippen LogP contribution < -0.4 is 4.74 Å². The second-order valence-corrected chi connectivity index (χ2v) is 7.30. The van der Waals surface area contributed by atoms with E-state index in [9.17, 15) is 4.79 Å². The summed E-state index contributed by atoms with van der Waals surface area (Å²) in [4.78, 5) is 15.2. The maximum absolute atomic E-state index is 12.7. The lowest BCUT2D eigenvalue weighted by Crippen LogP contribution is -2.39. The van der Waals surface area contributed by atoms with Crippen LogP contribution in [-0.2, 0) is 4.79 Å². The lowest BCUT2D eigenvalue weighted by atomic mass is 9.94. The van der Waals surface area contributed by atoms with E-state index in [1.807, 2.05) is 35.2 Å². The number of ether oxygens (including phenoxy) is 1. The lowest BCUT2D eigenvalue weighted by Gasteiger charge is -2.29. The van der Waals surface area contributed by atoms with Crippen molar-refractivity contribution in [3.8, 4) is 5.75 Å². The van der Waals surface area contributed by atoms with E-state index in [4.69, 9.17) is 17.0 Å². The van der Waals surface area contributed by atoms with E-state index in [1.165, 1.54) is 31.0 Å². The van der Waals surface area contributed by atoms with Gasteiger partial charge in [-0.05, 0) is 36.6 Å². The van der Waals surface area contributed by atoms with E-state index in [2.05, 4.69) is 0 Å². The van der Waals surface area contributed by atoms with Crippen LogP contribution in [-0.4, -0.2) is 28.3 Å². The van der Waals surface area contributed by atoms with Crippen LogP contribution in [0.4, 0.5) is 0 Å². The first-order valence-electron chi connectivity index (χ1n) is 7.60. The number of carbonyl (C=O) groups is 1. The fourth-order valence-corrected chi connectivity index (χ4v) is 4.42. The van der Waals surface area contributed by atoms with Gasteiger partial charge >= 0.3 is 0 Å². The molecule has 1 saturated carbocycles. The van der Waals surface area contributed by atoms with Crippen molar-refractivity contribution in [1.82, 2.24) is 4.90 Å². The summed E-state index contributed by atoms with van der Waals surface area (Å²) in [5.74, 6) is 0.848. The van der Waals surface area contributed by atoms with Crippen molar-refractivity contribution in [1.29, 1.82) is 0 Å². The van der Waals surface area contributed by atoms with Crippen LogP contribution in [0.5, 0.6) is 5.75 Å². The Morgan fingerprint density at radius 3 is 2.82 bits per heavy atom. The molecular weight excluding hydrogens is 314 g/mol. The molecular formula is C17H19NO2S2. The Bertz CT molecular complexity index is 621. The molecule has 2 aliphatic rings. The van der Waals surface area contributed by atoms with Gasteiger partial charge in [0.25, 0.3) is 5.91 Å². The molecule has 1 aliphatic heterocycles. The summed E-state index contributed by atoms with van der Waals surface area (Å²) >= 11 is 6.85. The fourth-order valence-electron chi connectivity index (χ4n) is 3.02. The smallest absolute Gasteiger partial charge is 0.266 e. The van der Waals surface area contributed by atoms with Crippen molar-refractivity contribution >= 4 is 40.3 Å². The molecule has 22 heavy (non-hydrogen) atoms. The number of thiocarbonyl (C=S) groups is 1. The van der Waals surface area contributed by atoms with E-state index < -0.39 is 0 Å². The van der Waals surface area contributed by atoms with Gasteiger partial charge in [0.05, 0.1) is 12.0 Å². The average Bonchev–Trinajstić information content (AvgIpc) is 2.82. The predicted molar refractivity (Wildman–Crippen MR) is 94.9 cm³/mol. The zero-order chi connectivity index (χ0) is 15.5. The molecule has 1 aromatic rings.